The topological polar surface area (TPSA) is 55.4 Å². The summed E-state index contributed by atoms with van der Waals surface area (Å²) < 4.78 is 5.49. The summed E-state index contributed by atoms with van der Waals surface area (Å²) in [6.45, 7) is 3.38. The van der Waals surface area contributed by atoms with Gasteiger partial charge in [-0.25, -0.2) is 0 Å². The summed E-state index contributed by atoms with van der Waals surface area (Å²) in [7, 11) is 0. The first-order chi connectivity index (χ1) is 13.5. The fourth-order valence-electron chi connectivity index (χ4n) is 2.90. The molecule has 0 saturated heterocycles. The Hall–Kier alpha value is -3.40. The minimum atomic E-state index is -0.199. The van der Waals surface area contributed by atoms with E-state index in [0.29, 0.717) is 11.3 Å². The van der Waals surface area contributed by atoms with Crippen molar-refractivity contribution in [1.29, 1.82) is 0 Å². The molecule has 0 saturated carbocycles. The second-order valence-electron chi connectivity index (χ2n) is 6.65. The van der Waals surface area contributed by atoms with Crippen LogP contribution in [0, 0.1) is 0 Å². The smallest absolute Gasteiger partial charge is 0.258 e. The first kappa shape index (κ1) is 19.4. The van der Waals surface area contributed by atoms with E-state index in [4.69, 9.17) is 4.74 Å². The van der Waals surface area contributed by atoms with E-state index in [0.717, 1.165) is 16.7 Å². The molecule has 3 rings (SSSR count). The van der Waals surface area contributed by atoms with E-state index in [1.807, 2.05) is 37.3 Å². The molecule has 3 aromatic rings. The second kappa shape index (κ2) is 9.00. The minimum absolute atomic E-state index is 0.00333. The molecular weight excluding hydrogens is 350 g/mol. The first-order valence-corrected chi connectivity index (χ1v) is 9.21. The highest BCUT2D eigenvalue weighted by Gasteiger charge is 2.11. The number of ketones is 1. The van der Waals surface area contributed by atoms with E-state index in [2.05, 4.69) is 29.6 Å². The van der Waals surface area contributed by atoms with Crippen LogP contribution in [0.2, 0.25) is 0 Å². The summed E-state index contributed by atoms with van der Waals surface area (Å²) in [6, 6.07) is 24.9. The lowest BCUT2D eigenvalue weighted by Gasteiger charge is -2.15. The average molecular weight is 373 g/mol. The van der Waals surface area contributed by atoms with Crippen molar-refractivity contribution in [3.63, 3.8) is 0 Å². The van der Waals surface area contributed by atoms with Gasteiger partial charge in [0.15, 0.2) is 12.4 Å². The Morgan fingerprint density at radius 2 is 1.46 bits per heavy atom. The summed E-state index contributed by atoms with van der Waals surface area (Å²) in [6.07, 6.45) is 0. The zero-order valence-electron chi connectivity index (χ0n) is 16.0. The van der Waals surface area contributed by atoms with E-state index in [1.165, 1.54) is 6.92 Å². The molecule has 0 unspecified atom stereocenters. The highest BCUT2D eigenvalue weighted by Crippen LogP contribution is 2.21. The molecule has 0 fully saturated rings. The van der Waals surface area contributed by atoms with Gasteiger partial charge in [-0.2, -0.15) is 0 Å². The average Bonchev–Trinajstić information content (AvgIpc) is 2.73. The van der Waals surface area contributed by atoms with Gasteiger partial charge in [-0.15, -0.1) is 0 Å². The van der Waals surface area contributed by atoms with Gasteiger partial charge >= 0.3 is 0 Å². The normalized spacial score (nSPS) is 11.5. The number of nitrogens with one attached hydrogen (secondary N) is 1. The van der Waals surface area contributed by atoms with E-state index in [-0.39, 0.29) is 24.3 Å². The molecule has 0 heterocycles. The monoisotopic (exact) mass is 373 g/mol. The van der Waals surface area contributed by atoms with Gasteiger partial charge in [0.25, 0.3) is 5.91 Å². The highest BCUT2D eigenvalue weighted by atomic mass is 16.5. The van der Waals surface area contributed by atoms with Crippen molar-refractivity contribution in [2.45, 2.75) is 19.9 Å². The maximum Gasteiger partial charge on any atom is 0.258 e. The molecule has 4 heteroatoms. The Kier molecular flexibility index (Phi) is 6.22. The lowest BCUT2D eigenvalue weighted by molar-refractivity contribution is -0.123. The molecule has 0 radical (unpaired) electrons. The molecule has 0 aliphatic rings. The van der Waals surface area contributed by atoms with Crippen LogP contribution in [0.4, 0.5) is 0 Å². The van der Waals surface area contributed by atoms with Gasteiger partial charge in [-0.3, -0.25) is 9.59 Å². The van der Waals surface area contributed by atoms with Crippen LogP contribution >= 0.6 is 0 Å². The van der Waals surface area contributed by atoms with Crippen molar-refractivity contribution in [1.82, 2.24) is 5.32 Å². The number of ether oxygens (including phenoxy) is 1. The number of Topliss-reactive ketones (excluding diaryl/α,β-unsaturated/α-hetero) is 1. The summed E-state index contributed by atoms with van der Waals surface area (Å²) >= 11 is 0. The van der Waals surface area contributed by atoms with Crippen molar-refractivity contribution in [2.75, 3.05) is 6.61 Å². The Balaban J connectivity index is 1.53. The van der Waals surface area contributed by atoms with E-state index in [1.54, 1.807) is 24.3 Å². The van der Waals surface area contributed by atoms with E-state index in [9.17, 15) is 9.59 Å². The van der Waals surface area contributed by atoms with E-state index >= 15 is 0 Å². The van der Waals surface area contributed by atoms with Gasteiger partial charge in [0, 0.05) is 5.56 Å². The maximum atomic E-state index is 12.2. The predicted molar refractivity (Wildman–Crippen MR) is 110 cm³/mol. The maximum absolute atomic E-state index is 12.2. The van der Waals surface area contributed by atoms with Crippen molar-refractivity contribution >= 4 is 11.7 Å². The van der Waals surface area contributed by atoms with Gasteiger partial charge in [0.1, 0.15) is 5.75 Å². The fourth-order valence-corrected chi connectivity index (χ4v) is 2.90. The Bertz CT molecular complexity index is 932. The molecular formula is C24H23NO3. The Labute approximate surface area is 165 Å². The van der Waals surface area contributed by atoms with Crippen molar-refractivity contribution in [3.8, 4) is 16.9 Å². The molecule has 4 nitrogen and oxygen atoms in total. The van der Waals surface area contributed by atoms with Crippen LogP contribution in [0.1, 0.15) is 35.8 Å². The molecule has 0 aliphatic carbocycles. The number of carbonyl (C=O) groups excluding carboxylic acids is 2. The Morgan fingerprint density at radius 1 is 0.857 bits per heavy atom. The van der Waals surface area contributed by atoms with Crippen LogP contribution in [0.15, 0.2) is 78.9 Å². The molecule has 1 atom stereocenters. The van der Waals surface area contributed by atoms with Crippen molar-refractivity contribution in [3.05, 3.63) is 90.0 Å². The number of benzene rings is 3. The molecule has 0 aliphatic heterocycles. The SMILES string of the molecule is CC(=O)c1ccc(OCC(=O)N[C@@H](C)c2ccc(-c3ccccc3)cc2)cc1. The fraction of sp³-hybridized carbons (Fsp3) is 0.167. The molecule has 0 spiro atoms. The molecule has 142 valence electrons. The molecule has 3 aromatic carbocycles. The van der Waals surface area contributed by atoms with E-state index < -0.39 is 0 Å². The Morgan fingerprint density at radius 3 is 2.07 bits per heavy atom. The molecule has 0 bridgehead atoms. The molecule has 28 heavy (non-hydrogen) atoms. The van der Waals surface area contributed by atoms with Crippen LogP contribution in [0.3, 0.4) is 0 Å². The lowest BCUT2D eigenvalue weighted by Crippen LogP contribution is -2.31. The van der Waals surface area contributed by atoms with Crippen LogP contribution in [-0.4, -0.2) is 18.3 Å². The van der Waals surface area contributed by atoms with Crippen LogP contribution in [-0.2, 0) is 4.79 Å². The number of amides is 1. The number of carbonyl (C=O) groups is 2. The van der Waals surface area contributed by atoms with Crippen LogP contribution in [0.25, 0.3) is 11.1 Å². The molecule has 1 N–H and O–H groups in total. The second-order valence-corrected chi connectivity index (χ2v) is 6.65. The van der Waals surface area contributed by atoms with Gasteiger partial charge in [-0.1, -0.05) is 54.6 Å². The van der Waals surface area contributed by atoms with Gasteiger partial charge in [-0.05, 0) is 54.8 Å². The lowest BCUT2D eigenvalue weighted by atomic mass is 10.0. The number of hydrogen-bond acceptors (Lipinski definition) is 3. The van der Waals surface area contributed by atoms with Crippen molar-refractivity contribution in [2.24, 2.45) is 0 Å². The minimum Gasteiger partial charge on any atom is -0.484 e. The summed E-state index contributed by atoms with van der Waals surface area (Å²) in [4.78, 5) is 23.4. The van der Waals surface area contributed by atoms with Gasteiger partial charge < -0.3 is 10.1 Å². The molecule has 1 amide bonds. The van der Waals surface area contributed by atoms with Gasteiger partial charge in [0.2, 0.25) is 0 Å². The summed E-state index contributed by atoms with van der Waals surface area (Å²) in [5.41, 5.74) is 3.94. The predicted octanol–water partition coefficient (Wildman–Crippen LogP) is 4.81. The standard InChI is InChI=1S/C24H23NO3/c1-17(19-8-10-22(11-9-19)21-6-4-3-5-7-21)25-24(27)16-28-23-14-12-20(13-15-23)18(2)26/h3-15,17H,16H2,1-2H3,(H,25,27)/t17-/m0/s1. The third kappa shape index (κ3) is 5.07. The zero-order valence-corrected chi connectivity index (χ0v) is 16.0. The third-order valence-corrected chi connectivity index (χ3v) is 4.53. The highest BCUT2D eigenvalue weighted by molar-refractivity contribution is 5.94. The van der Waals surface area contributed by atoms with Crippen molar-refractivity contribution < 1.29 is 14.3 Å². The number of hydrogen-bond donors (Lipinski definition) is 1. The van der Waals surface area contributed by atoms with Crippen LogP contribution < -0.4 is 10.1 Å². The first-order valence-electron chi connectivity index (χ1n) is 9.21. The third-order valence-electron chi connectivity index (χ3n) is 4.53. The van der Waals surface area contributed by atoms with Crippen LogP contribution in [0.5, 0.6) is 5.75 Å². The quantitative estimate of drug-likeness (QED) is 0.605. The zero-order chi connectivity index (χ0) is 19.9. The summed E-state index contributed by atoms with van der Waals surface area (Å²) in [5, 5.41) is 2.94. The largest absolute Gasteiger partial charge is 0.484 e. The molecule has 0 aromatic heterocycles. The van der Waals surface area contributed by atoms with Gasteiger partial charge in [0.05, 0.1) is 6.04 Å². The number of rotatable bonds is 7. The summed E-state index contributed by atoms with van der Waals surface area (Å²) in [5.74, 6) is 0.353.